The van der Waals surface area contributed by atoms with Gasteiger partial charge in [-0.05, 0) is 32.1 Å². The van der Waals surface area contributed by atoms with Gasteiger partial charge < -0.3 is 9.64 Å². The lowest BCUT2D eigenvalue weighted by molar-refractivity contribution is -0.142. The lowest BCUT2D eigenvalue weighted by Gasteiger charge is -2.33. The zero-order chi connectivity index (χ0) is 15.3. The van der Waals surface area contributed by atoms with Gasteiger partial charge in [0.05, 0.1) is 5.75 Å². The summed E-state index contributed by atoms with van der Waals surface area (Å²) in [5, 5.41) is 0. The Morgan fingerprint density at radius 2 is 2.00 bits per heavy atom. The summed E-state index contributed by atoms with van der Waals surface area (Å²) >= 11 is 0. The van der Waals surface area contributed by atoms with E-state index in [9.17, 15) is 13.2 Å². The third-order valence-corrected chi connectivity index (χ3v) is 5.64. The number of nitrogens with zero attached hydrogens (tertiary/aromatic N) is 1. The summed E-state index contributed by atoms with van der Waals surface area (Å²) in [6, 6.07) is -0.0413. The SMILES string of the molecule is CCCCS(=O)(=O)NC1CCN(C(=O)C2CCCO2)CC1. The van der Waals surface area contributed by atoms with Crippen LogP contribution in [-0.2, 0) is 19.6 Å². The predicted octanol–water partition coefficient (Wildman–Crippen LogP) is 0.876. The summed E-state index contributed by atoms with van der Waals surface area (Å²) < 4.78 is 31.9. The first kappa shape index (κ1) is 16.7. The molecule has 2 rings (SSSR count). The summed E-state index contributed by atoms with van der Waals surface area (Å²) in [5.41, 5.74) is 0. The number of unbranched alkanes of at least 4 members (excludes halogenated alkanes) is 1. The minimum absolute atomic E-state index is 0.0413. The van der Waals surface area contributed by atoms with Gasteiger partial charge in [0, 0.05) is 25.7 Å². The van der Waals surface area contributed by atoms with Gasteiger partial charge in [0.25, 0.3) is 5.91 Å². The van der Waals surface area contributed by atoms with Gasteiger partial charge in [0.15, 0.2) is 0 Å². The maximum atomic E-state index is 12.2. The van der Waals surface area contributed by atoms with Crippen LogP contribution >= 0.6 is 0 Å². The normalized spacial score (nSPS) is 24.4. The van der Waals surface area contributed by atoms with Crippen molar-refractivity contribution in [2.45, 2.75) is 57.6 Å². The van der Waals surface area contributed by atoms with Gasteiger partial charge >= 0.3 is 0 Å². The number of hydrogen-bond acceptors (Lipinski definition) is 4. The van der Waals surface area contributed by atoms with Gasteiger partial charge in [-0.3, -0.25) is 4.79 Å². The molecular formula is C14H26N2O4S. The number of rotatable bonds is 6. The Hall–Kier alpha value is -0.660. The number of likely N-dealkylation sites (tertiary alicyclic amines) is 1. The topological polar surface area (TPSA) is 75.7 Å². The first-order valence-electron chi connectivity index (χ1n) is 7.92. The van der Waals surface area contributed by atoms with E-state index in [1.165, 1.54) is 0 Å². The van der Waals surface area contributed by atoms with Crippen molar-refractivity contribution in [2.75, 3.05) is 25.4 Å². The zero-order valence-corrected chi connectivity index (χ0v) is 13.5. The van der Waals surface area contributed by atoms with Crippen molar-refractivity contribution >= 4 is 15.9 Å². The first-order valence-corrected chi connectivity index (χ1v) is 9.57. The molecule has 1 amide bonds. The molecule has 2 heterocycles. The number of ether oxygens (including phenoxy) is 1. The van der Waals surface area contributed by atoms with Crippen LogP contribution in [0.1, 0.15) is 45.4 Å². The Morgan fingerprint density at radius 3 is 2.57 bits per heavy atom. The van der Waals surface area contributed by atoms with E-state index in [2.05, 4.69) is 4.72 Å². The fourth-order valence-electron chi connectivity index (χ4n) is 2.84. The van der Waals surface area contributed by atoms with E-state index in [1.807, 2.05) is 11.8 Å². The van der Waals surface area contributed by atoms with Crippen molar-refractivity contribution in [3.63, 3.8) is 0 Å². The molecule has 0 aromatic heterocycles. The number of hydrogen-bond donors (Lipinski definition) is 1. The lowest BCUT2D eigenvalue weighted by atomic mass is 10.1. The highest BCUT2D eigenvalue weighted by Crippen LogP contribution is 2.18. The summed E-state index contributed by atoms with van der Waals surface area (Å²) in [4.78, 5) is 14.0. The molecular weight excluding hydrogens is 292 g/mol. The Balaban J connectivity index is 1.76. The van der Waals surface area contributed by atoms with Crippen molar-refractivity contribution in [2.24, 2.45) is 0 Å². The molecule has 0 aliphatic carbocycles. The Bertz CT molecular complexity index is 438. The highest BCUT2D eigenvalue weighted by Gasteiger charge is 2.31. The molecule has 6 nitrogen and oxygen atoms in total. The third-order valence-electron chi connectivity index (χ3n) is 4.12. The molecule has 2 aliphatic heterocycles. The second kappa shape index (κ2) is 7.56. The molecule has 0 aromatic carbocycles. The van der Waals surface area contributed by atoms with E-state index in [0.717, 1.165) is 19.3 Å². The van der Waals surface area contributed by atoms with Gasteiger partial charge in [-0.1, -0.05) is 13.3 Å². The van der Waals surface area contributed by atoms with Crippen LogP contribution in [0.25, 0.3) is 0 Å². The average molecular weight is 318 g/mol. The molecule has 0 saturated carbocycles. The summed E-state index contributed by atoms with van der Waals surface area (Å²) in [5.74, 6) is 0.262. The van der Waals surface area contributed by atoms with E-state index in [4.69, 9.17) is 4.74 Å². The summed E-state index contributed by atoms with van der Waals surface area (Å²) in [6.45, 7) is 3.87. The van der Waals surface area contributed by atoms with E-state index >= 15 is 0 Å². The number of amides is 1. The molecule has 2 fully saturated rings. The highest BCUT2D eigenvalue weighted by atomic mass is 32.2. The van der Waals surface area contributed by atoms with Crippen molar-refractivity contribution < 1.29 is 17.9 Å². The second-order valence-corrected chi connectivity index (χ2v) is 7.76. The first-order chi connectivity index (χ1) is 10.0. The van der Waals surface area contributed by atoms with Crippen LogP contribution in [0.4, 0.5) is 0 Å². The largest absolute Gasteiger partial charge is 0.368 e. The Labute approximate surface area is 127 Å². The maximum Gasteiger partial charge on any atom is 0.251 e. The van der Waals surface area contributed by atoms with Gasteiger partial charge in [-0.2, -0.15) is 0 Å². The average Bonchev–Trinajstić information content (AvgIpc) is 2.99. The maximum absolute atomic E-state index is 12.2. The van der Waals surface area contributed by atoms with Crippen LogP contribution in [0.15, 0.2) is 0 Å². The zero-order valence-electron chi connectivity index (χ0n) is 12.7. The number of nitrogens with one attached hydrogen (secondary N) is 1. The second-order valence-electron chi connectivity index (χ2n) is 5.89. The van der Waals surface area contributed by atoms with Gasteiger partial charge in [0.2, 0.25) is 10.0 Å². The fraction of sp³-hybridized carbons (Fsp3) is 0.929. The van der Waals surface area contributed by atoms with E-state index in [1.54, 1.807) is 0 Å². The van der Waals surface area contributed by atoms with Crippen LogP contribution in [-0.4, -0.2) is 56.8 Å². The van der Waals surface area contributed by atoms with Crippen LogP contribution in [0.2, 0.25) is 0 Å². The van der Waals surface area contributed by atoms with Crippen LogP contribution in [0.3, 0.4) is 0 Å². The van der Waals surface area contributed by atoms with Crippen LogP contribution in [0, 0.1) is 0 Å². The van der Waals surface area contributed by atoms with Crippen LogP contribution in [0.5, 0.6) is 0 Å². The summed E-state index contributed by atoms with van der Waals surface area (Å²) in [6.07, 6.45) is 4.41. The third kappa shape index (κ3) is 4.93. The molecule has 1 N–H and O–H groups in total. The van der Waals surface area contributed by atoms with Gasteiger partial charge in [0.1, 0.15) is 6.10 Å². The molecule has 122 valence electrons. The van der Waals surface area contributed by atoms with Gasteiger partial charge in [-0.25, -0.2) is 13.1 Å². The molecule has 2 aliphatic rings. The number of carbonyl (C=O) groups excluding carboxylic acids is 1. The molecule has 1 unspecified atom stereocenters. The lowest BCUT2D eigenvalue weighted by Crippen LogP contribution is -2.49. The standard InChI is InChI=1S/C14H26N2O4S/c1-2-3-11-21(18,19)15-12-6-8-16(9-7-12)14(17)13-5-4-10-20-13/h12-13,15H,2-11H2,1H3. The van der Waals surface area contributed by atoms with E-state index in [0.29, 0.717) is 39.0 Å². The van der Waals surface area contributed by atoms with E-state index < -0.39 is 10.0 Å². The molecule has 1 atom stereocenters. The quantitative estimate of drug-likeness (QED) is 0.789. The Morgan fingerprint density at radius 1 is 1.29 bits per heavy atom. The highest BCUT2D eigenvalue weighted by molar-refractivity contribution is 7.89. The number of piperidine rings is 1. The van der Waals surface area contributed by atoms with E-state index in [-0.39, 0.29) is 23.8 Å². The minimum Gasteiger partial charge on any atom is -0.368 e. The number of sulfonamides is 1. The molecule has 0 bridgehead atoms. The minimum atomic E-state index is -3.17. The monoisotopic (exact) mass is 318 g/mol. The van der Waals surface area contributed by atoms with Crippen molar-refractivity contribution in [1.29, 1.82) is 0 Å². The Kier molecular flexibility index (Phi) is 6.01. The fourth-order valence-corrected chi connectivity index (χ4v) is 4.37. The van der Waals surface area contributed by atoms with Crippen LogP contribution < -0.4 is 4.72 Å². The predicted molar refractivity (Wildman–Crippen MR) is 80.4 cm³/mol. The van der Waals surface area contributed by atoms with Crippen molar-refractivity contribution in [3.05, 3.63) is 0 Å². The molecule has 21 heavy (non-hydrogen) atoms. The van der Waals surface area contributed by atoms with Gasteiger partial charge in [-0.15, -0.1) is 0 Å². The van der Waals surface area contributed by atoms with Crippen molar-refractivity contribution in [3.8, 4) is 0 Å². The molecule has 7 heteroatoms. The molecule has 0 radical (unpaired) electrons. The van der Waals surface area contributed by atoms with Crippen molar-refractivity contribution in [1.82, 2.24) is 9.62 Å². The summed E-state index contributed by atoms with van der Waals surface area (Å²) in [7, 11) is -3.17. The molecule has 2 saturated heterocycles. The molecule has 0 aromatic rings. The smallest absolute Gasteiger partial charge is 0.251 e. The number of carbonyl (C=O) groups is 1. The molecule has 0 spiro atoms.